The number of carboxylic acid groups (broad SMARTS) is 1. The Balaban J connectivity index is 1.99. The molecule has 0 aromatic heterocycles. The minimum atomic E-state index is -0.780. The highest BCUT2D eigenvalue weighted by atomic mass is 16.6. The van der Waals surface area contributed by atoms with Crippen molar-refractivity contribution >= 4 is 11.7 Å². The van der Waals surface area contributed by atoms with Gasteiger partial charge < -0.3 is 5.11 Å². The Kier molecular flexibility index (Phi) is 4.11. The van der Waals surface area contributed by atoms with E-state index in [1.165, 1.54) is 6.07 Å². The number of para-hydroxylation sites is 1. The van der Waals surface area contributed by atoms with Crippen LogP contribution >= 0.6 is 0 Å². The molecular formula is C13H16N2O4. The summed E-state index contributed by atoms with van der Waals surface area (Å²) in [5.41, 5.74) is 0.813. The molecule has 0 spiro atoms. The van der Waals surface area contributed by atoms with Crippen molar-refractivity contribution in [2.75, 3.05) is 13.1 Å². The van der Waals surface area contributed by atoms with Crippen LogP contribution < -0.4 is 0 Å². The Bertz CT molecular complexity index is 489. The highest BCUT2D eigenvalue weighted by Crippen LogP contribution is 2.25. The molecule has 1 N–H and O–H groups in total. The fourth-order valence-corrected chi connectivity index (χ4v) is 2.53. The van der Waals surface area contributed by atoms with Crippen LogP contribution in [0.5, 0.6) is 0 Å². The van der Waals surface area contributed by atoms with Gasteiger partial charge in [0.15, 0.2) is 0 Å². The Morgan fingerprint density at radius 1 is 1.47 bits per heavy atom. The molecule has 1 unspecified atom stereocenters. The van der Waals surface area contributed by atoms with Crippen LogP contribution in [0.2, 0.25) is 0 Å². The molecule has 0 aliphatic carbocycles. The summed E-state index contributed by atoms with van der Waals surface area (Å²) in [5.74, 6) is -0.627. The topological polar surface area (TPSA) is 83.7 Å². The number of nitrogens with zero attached hydrogens (tertiary/aromatic N) is 2. The van der Waals surface area contributed by atoms with Gasteiger partial charge in [0.1, 0.15) is 0 Å². The van der Waals surface area contributed by atoms with Gasteiger partial charge in [0.25, 0.3) is 5.69 Å². The third-order valence-corrected chi connectivity index (χ3v) is 3.42. The van der Waals surface area contributed by atoms with Gasteiger partial charge in [-0.05, 0) is 18.9 Å². The van der Waals surface area contributed by atoms with E-state index in [2.05, 4.69) is 4.90 Å². The molecule has 102 valence electrons. The maximum absolute atomic E-state index is 10.9. The first-order valence-electron chi connectivity index (χ1n) is 6.22. The fraction of sp³-hybridized carbons (Fsp3) is 0.462. The third kappa shape index (κ3) is 3.51. The monoisotopic (exact) mass is 264 g/mol. The summed E-state index contributed by atoms with van der Waals surface area (Å²) >= 11 is 0. The predicted molar refractivity (Wildman–Crippen MR) is 68.7 cm³/mol. The second kappa shape index (κ2) is 5.79. The van der Waals surface area contributed by atoms with Gasteiger partial charge in [0.2, 0.25) is 0 Å². The lowest BCUT2D eigenvalue weighted by atomic mass is 10.1. The molecule has 19 heavy (non-hydrogen) atoms. The molecule has 1 aromatic rings. The summed E-state index contributed by atoms with van der Waals surface area (Å²) in [6.45, 7) is 2.00. The van der Waals surface area contributed by atoms with Gasteiger partial charge in [-0.25, -0.2) is 0 Å². The average molecular weight is 264 g/mol. The maximum atomic E-state index is 10.9. The predicted octanol–water partition coefficient (Wildman–Crippen LogP) is 1.89. The summed E-state index contributed by atoms with van der Waals surface area (Å²) in [6, 6.07) is 6.69. The second-order valence-electron chi connectivity index (χ2n) is 4.87. The van der Waals surface area contributed by atoms with Crippen molar-refractivity contribution in [1.82, 2.24) is 4.90 Å². The molecule has 0 radical (unpaired) electrons. The van der Waals surface area contributed by atoms with Gasteiger partial charge in [-0.15, -0.1) is 0 Å². The van der Waals surface area contributed by atoms with Crippen molar-refractivity contribution in [2.45, 2.75) is 19.4 Å². The molecule has 1 fully saturated rings. The summed E-state index contributed by atoms with van der Waals surface area (Å²) in [5, 5.41) is 19.7. The first kappa shape index (κ1) is 13.5. The number of hydrogen-bond donors (Lipinski definition) is 1. The first-order chi connectivity index (χ1) is 9.06. The molecule has 0 amide bonds. The highest BCUT2D eigenvalue weighted by molar-refractivity contribution is 5.67. The molecule has 6 nitrogen and oxygen atoms in total. The number of nitro benzene ring substituents is 1. The Hall–Kier alpha value is -1.95. The van der Waals surface area contributed by atoms with Crippen molar-refractivity contribution < 1.29 is 14.8 Å². The van der Waals surface area contributed by atoms with Gasteiger partial charge in [-0.2, -0.15) is 0 Å². The summed E-state index contributed by atoms with van der Waals surface area (Å²) in [4.78, 5) is 23.3. The van der Waals surface area contributed by atoms with Crippen molar-refractivity contribution in [3.05, 3.63) is 39.9 Å². The number of likely N-dealkylation sites (tertiary alicyclic amines) is 1. The van der Waals surface area contributed by atoms with Crippen LogP contribution in [0.4, 0.5) is 5.69 Å². The SMILES string of the molecule is O=C(O)CC1CCN(Cc2ccccc2[N+](=O)[O-])C1. The zero-order valence-corrected chi connectivity index (χ0v) is 10.5. The van der Waals surface area contributed by atoms with Crippen LogP contribution in [0.3, 0.4) is 0 Å². The Labute approximate surface area is 110 Å². The number of nitro groups is 1. The lowest BCUT2D eigenvalue weighted by molar-refractivity contribution is -0.385. The van der Waals surface area contributed by atoms with Crippen molar-refractivity contribution in [3.63, 3.8) is 0 Å². The van der Waals surface area contributed by atoms with Crippen LogP contribution in [0.15, 0.2) is 24.3 Å². The van der Waals surface area contributed by atoms with Crippen LogP contribution in [-0.2, 0) is 11.3 Å². The molecule has 2 rings (SSSR count). The van der Waals surface area contributed by atoms with E-state index in [-0.39, 0.29) is 22.9 Å². The van der Waals surface area contributed by atoms with Gasteiger partial charge in [0, 0.05) is 31.1 Å². The highest BCUT2D eigenvalue weighted by Gasteiger charge is 2.26. The number of hydrogen-bond acceptors (Lipinski definition) is 4. The standard InChI is InChI=1S/C13H16N2O4/c16-13(17)7-10-5-6-14(8-10)9-11-3-1-2-4-12(11)15(18)19/h1-4,10H,5-9H2,(H,16,17). The van der Waals surface area contributed by atoms with E-state index in [0.717, 1.165) is 13.0 Å². The van der Waals surface area contributed by atoms with E-state index >= 15 is 0 Å². The zero-order chi connectivity index (χ0) is 13.8. The smallest absolute Gasteiger partial charge is 0.303 e. The maximum Gasteiger partial charge on any atom is 0.303 e. The molecule has 1 aromatic carbocycles. The number of aliphatic carboxylic acids is 1. The molecule has 1 aliphatic rings. The lowest BCUT2D eigenvalue weighted by Crippen LogP contribution is -2.21. The number of carbonyl (C=O) groups is 1. The fourth-order valence-electron chi connectivity index (χ4n) is 2.53. The average Bonchev–Trinajstić information content (AvgIpc) is 2.76. The van der Waals surface area contributed by atoms with Crippen molar-refractivity contribution in [3.8, 4) is 0 Å². The van der Waals surface area contributed by atoms with E-state index in [9.17, 15) is 14.9 Å². The molecule has 1 aliphatic heterocycles. The molecule has 1 heterocycles. The summed E-state index contributed by atoms with van der Waals surface area (Å²) in [6.07, 6.45) is 1.01. The van der Waals surface area contributed by atoms with Gasteiger partial charge in [0.05, 0.1) is 4.92 Å². The molecule has 0 saturated carbocycles. The molecule has 6 heteroatoms. The second-order valence-corrected chi connectivity index (χ2v) is 4.87. The van der Waals surface area contributed by atoms with E-state index in [1.807, 2.05) is 0 Å². The van der Waals surface area contributed by atoms with E-state index < -0.39 is 5.97 Å². The minimum absolute atomic E-state index is 0.129. The quantitative estimate of drug-likeness (QED) is 0.648. The van der Waals surface area contributed by atoms with Crippen molar-refractivity contribution in [2.24, 2.45) is 5.92 Å². The number of rotatable bonds is 5. The Morgan fingerprint density at radius 3 is 2.89 bits per heavy atom. The molecule has 1 saturated heterocycles. The largest absolute Gasteiger partial charge is 0.481 e. The van der Waals surface area contributed by atoms with Crippen LogP contribution in [0.25, 0.3) is 0 Å². The van der Waals surface area contributed by atoms with Gasteiger partial charge in [-0.3, -0.25) is 19.8 Å². The normalized spacial score (nSPS) is 19.5. The molecule has 0 bridgehead atoms. The van der Waals surface area contributed by atoms with Crippen LogP contribution in [-0.4, -0.2) is 34.0 Å². The van der Waals surface area contributed by atoms with E-state index in [1.54, 1.807) is 18.2 Å². The molecular weight excluding hydrogens is 248 g/mol. The number of carboxylic acids is 1. The third-order valence-electron chi connectivity index (χ3n) is 3.42. The van der Waals surface area contributed by atoms with Gasteiger partial charge in [-0.1, -0.05) is 18.2 Å². The Morgan fingerprint density at radius 2 is 2.21 bits per heavy atom. The number of benzene rings is 1. The summed E-state index contributed by atoms with van der Waals surface area (Å²) < 4.78 is 0. The zero-order valence-electron chi connectivity index (χ0n) is 10.5. The minimum Gasteiger partial charge on any atom is -0.481 e. The van der Waals surface area contributed by atoms with E-state index in [0.29, 0.717) is 18.7 Å². The van der Waals surface area contributed by atoms with E-state index in [4.69, 9.17) is 5.11 Å². The van der Waals surface area contributed by atoms with Crippen molar-refractivity contribution in [1.29, 1.82) is 0 Å². The first-order valence-corrected chi connectivity index (χ1v) is 6.22. The van der Waals surface area contributed by atoms with Crippen LogP contribution in [0.1, 0.15) is 18.4 Å². The lowest BCUT2D eigenvalue weighted by Gasteiger charge is -2.15. The van der Waals surface area contributed by atoms with Gasteiger partial charge >= 0.3 is 5.97 Å². The molecule has 1 atom stereocenters. The summed E-state index contributed by atoms with van der Waals surface area (Å²) in [7, 11) is 0. The van der Waals surface area contributed by atoms with Crippen LogP contribution in [0, 0.1) is 16.0 Å².